The van der Waals surface area contributed by atoms with Crippen molar-refractivity contribution in [3.8, 4) is 5.75 Å². The molecule has 4 rings (SSSR count). The summed E-state index contributed by atoms with van der Waals surface area (Å²) in [7, 11) is 0. The predicted octanol–water partition coefficient (Wildman–Crippen LogP) is 3.85. The fraction of sp³-hybridized carbons (Fsp3) is 0.409. The minimum Gasteiger partial charge on any atom is -0.483 e. The second-order valence-corrected chi connectivity index (χ2v) is 8.58. The number of nitrogens with zero attached hydrogens (tertiary/aromatic N) is 4. The highest BCUT2D eigenvalue weighted by atomic mass is 32.1. The molecule has 1 saturated heterocycles. The smallest absolute Gasteiger partial charge is 0.260 e. The largest absolute Gasteiger partial charge is 0.483 e. The topological polar surface area (TPSA) is 58.6 Å². The number of thiophene rings is 1. The van der Waals surface area contributed by atoms with Gasteiger partial charge in [-0.25, -0.2) is 9.97 Å². The van der Waals surface area contributed by atoms with Crippen LogP contribution in [0.1, 0.15) is 30.9 Å². The molecule has 1 amide bonds. The highest BCUT2D eigenvalue weighted by Crippen LogP contribution is 2.28. The van der Waals surface area contributed by atoms with E-state index in [1.165, 1.54) is 0 Å². The highest BCUT2D eigenvalue weighted by Gasteiger charge is 2.24. The van der Waals surface area contributed by atoms with Crippen LogP contribution in [-0.4, -0.2) is 53.6 Å². The van der Waals surface area contributed by atoms with Crippen molar-refractivity contribution in [1.82, 2.24) is 14.9 Å². The Morgan fingerprint density at radius 3 is 2.72 bits per heavy atom. The molecule has 2 aromatic heterocycles. The van der Waals surface area contributed by atoms with Gasteiger partial charge in [0, 0.05) is 26.2 Å². The number of carbonyl (C=O) groups is 1. The Labute approximate surface area is 175 Å². The van der Waals surface area contributed by atoms with Gasteiger partial charge in [-0.05, 0) is 41.5 Å². The number of fused-ring (bicyclic) bond motifs is 1. The minimum absolute atomic E-state index is 0.0317. The molecule has 29 heavy (non-hydrogen) atoms. The molecule has 1 aliphatic rings. The number of rotatable bonds is 5. The first-order valence-electron chi connectivity index (χ1n) is 9.97. The molecule has 1 aromatic carbocycles. The zero-order valence-electron chi connectivity index (χ0n) is 17.1. The van der Waals surface area contributed by atoms with E-state index < -0.39 is 0 Å². The standard InChI is InChI=1S/C22H26N4O2S/c1-15(2)17-5-4-16(3)12-19(17)28-13-20(27)25-7-9-26(10-8-25)21-18-6-11-29-22(18)24-14-23-21/h4-6,11-12,14-15H,7-10,13H2,1-3H3. The fourth-order valence-corrected chi connectivity index (χ4v) is 4.40. The molecule has 0 N–H and O–H groups in total. The van der Waals surface area contributed by atoms with Gasteiger partial charge >= 0.3 is 0 Å². The summed E-state index contributed by atoms with van der Waals surface area (Å²) in [6.07, 6.45) is 1.62. The molecular weight excluding hydrogens is 384 g/mol. The fourth-order valence-electron chi connectivity index (χ4n) is 3.67. The molecule has 0 bridgehead atoms. The zero-order chi connectivity index (χ0) is 20.4. The monoisotopic (exact) mass is 410 g/mol. The zero-order valence-corrected chi connectivity index (χ0v) is 17.9. The van der Waals surface area contributed by atoms with E-state index in [1.807, 2.05) is 23.3 Å². The summed E-state index contributed by atoms with van der Waals surface area (Å²) in [5, 5.41) is 3.12. The second-order valence-electron chi connectivity index (χ2n) is 7.69. The van der Waals surface area contributed by atoms with Crippen LogP contribution in [0.25, 0.3) is 10.2 Å². The normalized spacial score (nSPS) is 14.6. The number of carbonyl (C=O) groups excluding carboxylic acids is 1. The molecule has 3 aromatic rings. The summed E-state index contributed by atoms with van der Waals surface area (Å²) in [6, 6.07) is 8.25. The Bertz CT molecular complexity index is 1010. The maximum absolute atomic E-state index is 12.7. The lowest BCUT2D eigenvalue weighted by atomic mass is 10.0. The summed E-state index contributed by atoms with van der Waals surface area (Å²) in [6.45, 7) is 9.24. The molecule has 152 valence electrons. The molecule has 3 heterocycles. The van der Waals surface area contributed by atoms with Gasteiger partial charge in [-0.3, -0.25) is 4.79 Å². The number of hydrogen-bond donors (Lipinski definition) is 0. The van der Waals surface area contributed by atoms with Gasteiger partial charge in [0.05, 0.1) is 5.39 Å². The van der Waals surface area contributed by atoms with Crippen molar-refractivity contribution >= 4 is 33.3 Å². The van der Waals surface area contributed by atoms with Crippen molar-refractivity contribution in [2.75, 3.05) is 37.7 Å². The van der Waals surface area contributed by atoms with Crippen LogP contribution in [0.3, 0.4) is 0 Å². The summed E-state index contributed by atoms with van der Waals surface area (Å²) in [5.74, 6) is 2.16. The van der Waals surface area contributed by atoms with Crippen LogP contribution in [0.2, 0.25) is 0 Å². The van der Waals surface area contributed by atoms with E-state index >= 15 is 0 Å². The van der Waals surface area contributed by atoms with Gasteiger partial charge in [-0.1, -0.05) is 26.0 Å². The number of aryl methyl sites for hydroxylation is 1. The maximum Gasteiger partial charge on any atom is 0.260 e. The van der Waals surface area contributed by atoms with Gasteiger partial charge in [0.1, 0.15) is 22.7 Å². The molecule has 0 radical (unpaired) electrons. The average Bonchev–Trinajstić information content (AvgIpc) is 3.21. The van der Waals surface area contributed by atoms with Crippen LogP contribution in [0, 0.1) is 6.92 Å². The minimum atomic E-state index is 0.0317. The number of hydrogen-bond acceptors (Lipinski definition) is 6. The Kier molecular flexibility index (Phi) is 5.67. The quantitative estimate of drug-likeness (QED) is 0.639. The lowest BCUT2D eigenvalue weighted by Gasteiger charge is -2.35. The molecule has 0 saturated carbocycles. The molecular formula is C22H26N4O2S. The van der Waals surface area contributed by atoms with E-state index in [2.05, 4.69) is 46.9 Å². The first kappa shape index (κ1) is 19.6. The molecule has 1 fully saturated rings. The summed E-state index contributed by atoms with van der Waals surface area (Å²) in [5.41, 5.74) is 2.27. The Morgan fingerprint density at radius 2 is 1.97 bits per heavy atom. The van der Waals surface area contributed by atoms with Gasteiger partial charge in [0.25, 0.3) is 5.91 Å². The predicted molar refractivity (Wildman–Crippen MR) is 117 cm³/mol. The van der Waals surface area contributed by atoms with Crippen LogP contribution < -0.4 is 9.64 Å². The van der Waals surface area contributed by atoms with Crippen molar-refractivity contribution in [2.45, 2.75) is 26.7 Å². The second kappa shape index (κ2) is 8.37. The summed E-state index contributed by atoms with van der Waals surface area (Å²) in [4.78, 5) is 26.6. The van der Waals surface area contributed by atoms with Crippen LogP contribution in [0.5, 0.6) is 5.75 Å². The molecule has 6 nitrogen and oxygen atoms in total. The number of ether oxygens (including phenoxy) is 1. The Balaban J connectivity index is 1.36. The summed E-state index contributed by atoms with van der Waals surface area (Å²) >= 11 is 1.62. The van der Waals surface area contributed by atoms with Gasteiger partial charge in [0.15, 0.2) is 6.61 Å². The molecule has 1 aliphatic heterocycles. The van der Waals surface area contributed by atoms with Crippen LogP contribution in [-0.2, 0) is 4.79 Å². The van der Waals surface area contributed by atoms with Gasteiger partial charge in [-0.2, -0.15) is 0 Å². The van der Waals surface area contributed by atoms with Crippen molar-refractivity contribution in [3.05, 3.63) is 47.1 Å². The molecule has 7 heteroatoms. The Hall–Kier alpha value is -2.67. The van der Waals surface area contributed by atoms with Crippen LogP contribution in [0.4, 0.5) is 5.82 Å². The first-order valence-corrected chi connectivity index (χ1v) is 10.8. The van der Waals surface area contributed by atoms with Crippen molar-refractivity contribution in [3.63, 3.8) is 0 Å². The number of aromatic nitrogens is 2. The van der Waals surface area contributed by atoms with Gasteiger partial charge < -0.3 is 14.5 Å². The lowest BCUT2D eigenvalue weighted by Crippen LogP contribution is -2.50. The number of benzene rings is 1. The van der Waals surface area contributed by atoms with E-state index in [1.54, 1.807) is 17.7 Å². The molecule has 0 unspecified atom stereocenters. The SMILES string of the molecule is Cc1ccc(C(C)C)c(OCC(=O)N2CCN(c3ncnc4sccc34)CC2)c1. The summed E-state index contributed by atoms with van der Waals surface area (Å²) < 4.78 is 5.93. The van der Waals surface area contributed by atoms with E-state index in [-0.39, 0.29) is 12.5 Å². The van der Waals surface area contributed by atoms with E-state index in [4.69, 9.17) is 4.74 Å². The van der Waals surface area contributed by atoms with Crippen molar-refractivity contribution < 1.29 is 9.53 Å². The van der Waals surface area contributed by atoms with Crippen LogP contribution in [0.15, 0.2) is 36.0 Å². The van der Waals surface area contributed by atoms with E-state index in [9.17, 15) is 4.79 Å². The highest BCUT2D eigenvalue weighted by molar-refractivity contribution is 7.16. The molecule has 0 atom stereocenters. The van der Waals surface area contributed by atoms with Gasteiger partial charge in [-0.15, -0.1) is 11.3 Å². The van der Waals surface area contributed by atoms with E-state index in [0.29, 0.717) is 19.0 Å². The number of amides is 1. The number of piperazine rings is 1. The van der Waals surface area contributed by atoms with E-state index in [0.717, 1.165) is 46.0 Å². The lowest BCUT2D eigenvalue weighted by molar-refractivity contribution is -0.133. The third-order valence-electron chi connectivity index (χ3n) is 5.31. The average molecular weight is 411 g/mol. The third-order valence-corrected chi connectivity index (χ3v) is 6.14. The Morgan fingerprint density at radius 1 is 1.17 bits per heavy atom. The maximum atomic E-state index is 12.7. The van der Waals surface area contributed by atoms with Gasteiger partial charge in [0.2, 0.25) is 0 Å². The molecule has 0 spiro atoms. The van der Waals surface area contributed by atoms with Crippen LogP contribution >= 0.6 is 11.3 Å². The third kappa shape index (κ3) is 4.19. The first-order chi connectivity index (χ1) is 14.0. The van der Waals surface area contributed by atoms with Crippen molar-refractivity contribution in [1.29, 1.82) is 0 Å². The molecule has 0 aliphatic carbocycles. The van der Waals surface area contributed by atoms with Crippen molar-refractivity contribution in [2.24, 2.45) is 0 Å². The number of anilines is 1.